The Labute approximate surface area is 89.2 Å². The lowest BCUT2D eigenvalue weighted by Gasteiger charge is -2.24. The molecule has 0 spiro atoms. The SMILES string of the molecule is C=CC(C)(O)CCC(C)C(C)CCC. The van der Waals surface area contributed by atoms with E-state index in [1.807, 2.05) is 6.92 Å². The van der Waals surface area contributed by atoms with Crippen LogP contribution in [0.3, 0.4) is 0 Å². The van der Waals surface area contributed by atoms with Crippen LogP contribution in [0.2, 0.25) is 0 Å². The van der Waals surface area contributed by atoms with E-state index in [-0.39, 0.29) is 0 Å². The lowest BCUT2D eigenvalue weighted by atomic mass is 9.85. The number of aliphatic hydroxyl groups is 1. The fraction of sp³-hybridized carbons (Fsp3) is 0.846. The van der Waals surface area contributed by atoms with Crippen LogP contribution in [0.15, 0.2) is 12.7 Å². The summed E-state index contributed by atoms with van der Waals surface area (Å²) in [5.74, 6) is 1.46. The number of hydrogen-bond donors (Lipinski definition) is 1. The Hall–Kier alpha value is -0.300. The average molecular weight is 198 g/mol. The van der Waals surface area contributed by atoms with Crippen molar-refractivity contribution in [1.82, 2.24) is 0 Å². The summed E-state index contributed by atoms with van der Waals surface area (Å²) in [5, 5.41) is 9.77. The van der Waals surface area contributed by atoms with Crippen molar-refractivity contribution in [2.75, 3.05) is 0 Å². The Bertz CT molecular complexity index is 161. The first-order valence-corrected chi connectivity index (χ1v) is 5.79. The highest BCUT2D eigenvalue weighted by Crippen LogP contribution is 2.25. The van der Waals surface area contributed by atoms with Crippen molar-refractivity contribution in [2.45, 2.75) is 59.0 Å². The molecular formula is C13H26O. The molecule has 14 heavy (non-hydrogen) atoms. The molecule has 0 aromatic rings. The monoisotopic (exact) mass is 198 g/mol. The summed E-state index contributed by atoms with van der Waals surface area (Å²) in [5.41, 5.74) is -0.680. The van der Waals surface area contributed by atoms with Gasteiger partial charge in [-0.1, -0.05) is 39.7 Å². The molecule has 0 saturated carbocycles. The van der Waals surface area contributed by atoms with Crippen LogP contribution in [-0.2, 0) is 0 Å². The van der Waals surface area contributed by atoms with E-state index >= 15 is 0 Å². The van der Waals surface area contributed by atoms with E-state index in [0.29, 0.717) is 5.92 Å². The lowest BCUT2D eigenvalue weighted by molar-refractivity contribution is 0.0907. The van der Waals surface area contributed by atoms with Gasteiger partial charge in [-0.3, -0.25) is 0 Å². The van der Waals surface area contributed by atoms with Gasteiger partial charge in [0.1, 0.15) is 0 Å². The molecule has 1 N–H and O–H groups in total. The quantitative estimate of drug-likeness (QED) is 0.617. The van der Waals surface area contributed by atoms with Crippen molar-refractivity contribution in [1.29, 1.82) is 0 Å². The van der Waals surface area contributed by atoms with Gasteiger partial charge in [0.05, 0.1) is 5.60 Å². The predicted octanol–water partition coefficient (Wildman–Crippen LogP) is 3.78. The van der Waals surface area contributed by atoms with Crippen molar-refractivity contribution in [2.24, 2.45) is 11.8 Å². The van der Waals surface area contributed by atoms with Crippen molar-refractivity contribution in [3.63, 3.8) is 0 Å². The van der Waals surface area contributed by atoms with Gasteiger partial charge in [0.15, 0.2) is 0 Å². The summed E-state index contributed by atoms with van der Waals surface area (Å²) in [7, 11) is 0. The molecule has 0 saturated heterocycles. The van der Waals surface area contributed by atoms with Gasteiger partial charge in [0.2, 0.25) is 0 Å². The van der Waals surface area contributed by atoms with Crippen LogP contribution in [0.4, 0.5) is 0 Å². The molecule has 84 valence electrons. The molecule has 0 amide bonds. The first-order chi connectivity index (χ1) is 6.43. The van der Waals surface area contributed by atoms with Crippen LogP contribution < -0.4 is 0 Å². The van der Waals surface area contributed by atoms with Crippen LogP contribution in [-0.4, -0.2) is 10.7 Å². The summed E-state index contributed by atoms with van der Waals surface area (Å²) in [6, 6.07) is 0. The van der Waals surface area contributed by atoms with E-state index in [2.05, 4.69) is 27.4 Å². The fourth-order valence-electron chi connectivity index (χ4n) is 1.65. The Morgan fingerprint density at radius 1 is 1.29 bits per heavy atom. The number of hydrogen-bond acceptors (Lipinski definition) is 1. The van der Waals surface area contributed by atoms with Crippen LogP contribution in [0, 0.1) is 11.8 Å². The van der Waals surface area contributed by atoms with Crippen molar-refractivity contribution < 1.29 is 5.11 Å². The molecule has 0 radical (unpaired) electrons. The Morgan fingerprint density at radius 3 is 2.21 bits per heavy atom. The van der Waals surface area contributed by atoms with E-state index in [9.17, 15) is 5.11 Å². The topological polar surface area (TPSA) is 20.2 Å². The first kappa shape index (κ1) is 13.7. The summed E-state index contributed by atoms with van der Waals surface area (Å²) < 4.78 is 0. The van der Waals surface area contributed by atoms with Gasteiger partial charge in [0, 0.05) is 0 Å². The highest BCUT2D eigenvalue weighted by Gasteiger charge is 2.18. The zero-order valence-electron chi connectivity index (χ0n) is 10.2. The highest BCUT2D eigenvalue weighted by molar-refractivity contribution is 4.91. The normalized spacial score (nSPS) is 19.8. The van der Waals surface area contributed by atoms with E-state index in [1.165, 1.54) is 12.8 Å². The standard InChI is InChI=1S/C13H26O/c1-6-8-11(3)12(4)9-10-13(5,14)7-2/h7,11-12,14H,2,6,8-10H2,1,3-5H3. The smallest absolute Gasteiger partial charge is 0.0797 e. The van der Waals surface area contributed by atoms with Gasteiger partial charge in [-0.05, 0) is 31.6 Å². The van der Waals surface area contributed by atoms with E-state index in [4.69, 9.17) is 0 Å². The van der Waals surface area contributed by atoms with Gasteiger partial charge in [-0.2, -0.15) is 0 Å². The first-order valence-electron chi connectivity index (χ1n) is 5.79. The van der Waals surface area contributed by atoms with Crippen LogP contribution >= 0.6 is 0 Å². The zero-order valence-corrected chi connectivity index (χ0v) is 10.2. The molecule has 0 aliphatic rings. The maximum atomic E-state index is 9.77. The summed E-state index contributed by atoms with van der Waals surface area (Å²) in [4.78, 5) is 0. The second-order valence-corrected chi connectivity index (χ2v) is 4.84. The van der Waals surface area contributed by atoms with Crippen LogP contribution in [0.25, 0.3) is 0 Å². The van der Waals surface area contributed by atoms with E-state index in [1.54, 1.807) is 6.08 Å². The summed E-state index contributed by atoms with van der Waals surface area (Å²) >= 11 is 0. The highest BCUT2D eigenvalue weighted by atomic mass is 16.3. The van der Waals surface area contributed by atoms with E-state index < -0.39 is 5.60 Å². The molecule has 3 unspecified atom stereocenters. The Morgan fingerprint density at radius 2 is 1.79 bits per heavy atom. The van der Waals surface area contributed by atoms with Crippen LogP contribution in [0.5, 0.6) is 0 Å². The largest absolute Gasteiger partial charge is 0.386 e. The van der Waals surface area contributed by atoms with E-state index in [0.717, 1.165) is 18.8 Å². The van der Waals surface area contributed by atoms with Crippen molar-refractivity contribution in [3.05, 3.63) is 12.7 Å². The molecule has 0 aliphatic heterocycles. The maximum Gasteiger partial charge on any atom is 0.0797 e. The molecule has 1 heteroatoms. The van der Waals surface area contributed by atoms with Gasteiger partial charge in [-0.15, -0.1) is 6.58 Å². The third-order valence-corrected chi connectivity index (χ3v) is 3.26. The molecule has 0 fully saturated rings. The third kappa shape index (κ3) is 5.43. The predicted molar refractivity (Wildman–Crippen MR) is 63.3 cm³/mol. The molecular weight excluding hydrogens is 172 g/mol. The molecule has 0 heterocycles. The lowest BCUT2D eigenvalue weighted by Crippen LogP contribution is -2.22. The zero-order chi connectivity index (χ0) is 11.2. The maximum absolute atomic E-state index is 9.77. The average Bonchev–Trinajstić information content (AvgIpc) is 2.15. The fourth-order valence-corrected chi connectivity index (χ4v) is 1.65. The molecule has 3 atom stereocenters. The Balaban J connectivity index is 3.83. The molecule has 0 aliphatic carbocycles. The van der Waals surface area contributed by atoms with Crippen LogP contribution in [0.1, 0.15) is 53.4 Å². The minimum Gasteiger partial charge on any atom is -0.386 e. The molecule has 0 aromatic heterocycles. The molecule has 0 rings (SSSR count). The van der Waals surface area contributed by atoms with Gasteiger partial charge in [0.25, 0.3) is 0 Å². The summed E-state index contributed by atoms with van der Waals surface area (Å²) in [6.45, 7) is 12.3. The van der Waals surface area contributed by atoms with Gasteiger partial charge < -0.3 is 5.11 Å². The van der Waals surface area contributed by atoms with Crippen molar-refractivity contribution >= 4 is 0 Å². The second-order valence-electron chi connectivity index (χ2n) is 4.84. The Kier molecular flexibility index (Phi) is 6.10. The summed E-state index contributed by atoms with van der Waals surface area (Å²) in [6.07, 6.45) is 6.09. The minimum atomic E-state index is -0.680. The molecule has 1 nitrogen and oxygen atoms in total. The van der Waals surface area contributed by atoms with Gasteiger partial charge >= 0.3 is 0 Å². The third-order valence-electron chi connectivity index (χ3n) is 3.26. The second kappa shape index (κ2) is 6.23. The molecule has 0 bridgehead atoms. The number of rotatable bonds is 7. The van der Waals surface area contributed by atoms with Gasteiger partial charge in [-0.25, -0.2) is 0 Å². The van der Waals surface area contributed by atoms with Crippen molar-refractivity contribution in [3.8, 4) is 0 Å². The molecule has 0 aromatic carbocycles. The minimum absolute atomic E-state index is 0.680.